The van der Waals surface area contributed by atoms with E-state index in [1.807, 2.05) is 0 Å². The smallest absolute Gasteiger partial charge is 0.285 e. The number of benzene rings is 2. The molecule has 10 heteroatoms. The van der Waals surface area contributed by atoms with Gasteiger partial charge in [0.25, 0.3) is 11.5 Å². The Balaban J connectivity index is 1.39. The Labute approximate surface area is 210 Å². The van der Waals surface area contributed by atoms with Crippen LogP contribution in [0.25, 0.3) is 16.7 Å². The fourth-order valence-electron chi connectivity index (χ4n) is 4.00. The molecule has 9 nitrogen and oxygen atoms in total. The first-order valence-electron chi connectivity index (χ1n) is 11.3. The molecule has 0 saturated heterocycles. The molecule has 37 heavy (non-hydrogen) atoms. The maximum atomic E-state index is 15.0. The minimum absolute atomic E-state index is 0.0327. The van der Waals surface area contributed by atoms with E-state index in [4.69, 9.17) is 9.47 Å². The summed E-state index contributed by atoms with van der Waals surface area (Å²) >= 11 is 0. The summed E-state index contributed by atoms with van der Waals surface area (Å²) in [6.45, 7) is 1.65. The summed E-state index contributed by atoms with van der Waals surface area (Å²) in [5.41, 5.74) is 0.655. The summed E-state index contributed by atoms with van der Waals surface area (Å²) in [6, 6.07) is 16.1. The molecule has 5 aromatic rings. The lowest BCUT2D eigenvalue weighted by atomic mass is 10.2. The van der Waals surface area contributed by atoms with Gasteiger partial charge in [-0.25, -0.2) is 9.37 Å². The van der Waals surface area contributed by atoms with E-state index < -0.39 is 17.3 Å². The number of fused-ring (bicyclic) bond motifs is 1. The lowest BCUT2D eigenvalue weighted by molar-refractivity contribution is 0.102. The van der Waals surface area contributed by atoms with Crippen LogP contribution in [0.2, 0.25) is 0 Å². The zero-order valence-electron chi connectivity index (χ0n) is 20.2. The van der Waals surface area contributed by atoms with Crippen LogP contribution in [-0.4, -0.2) is 32.3 Å². The van der Waals surface area contributed by atoms with Crippen LogP contribution in [0.3, 0.4) is 0 Å². The zero-order chi connectivity index (χ0) is 26.1. The molecule has 0 aliphatic rings. The zero-order valence-corrected chi connectivity index (χ0v) is 20.2. The molecule has 0 atom stereocenters. The highest BCUT2D eigenvalue weighted by Gasteiger charge is 2.23. The third-order valence-electron chi connectivity index (χ3n) is 5.97. The highest BCUT2D eigenvalue weighted by molar-refractivity contribution is 6.05. The second kappa shape index (κ2) is 9.57. The van der Waals surface area contributed by atoms with Crippen molar-refractivity contribution in [1.82, 2.24) is 19.3 Å². The Morgan fingerprint density at radius 1 is 1.00 bits per heavy atom. The van der Waals surface area contributed by atoms with Gasteiger partial charge in [-0.2, -0.15) is 4.68 Å². The number of rotatable bonds is 6. The maximum Gasteiger partial charge on any atom is 0.285 e. The Bertz CT molecular complexity index is 1700. The van der Waals surface area contributed by atoms with Gasteiger partial charge in [0.2, 0.25) is 0 Å². The average molecular weight is 500 g/mol. The normalized spacial score (nSPS) is 10.9. The van der Waals surface area contributed by atoms with Crippen molar-refractivity contribution in [2.75, 3.05) is 12.4 Å². The van der Waals surface area contributed by atoms with Gasteiger partial charge in [0.1, 0.15) is 17.1 Å². The molecule has 1 amide bonds. The van der Waals surface area contributed by atoms with E-state index in [2.05, 4.69) is 15.3 Å². The molecule has 0 bridgehead atoms. The van der Waals surface area contributed by atoms with Crippen molar-refractivity contribution in [3.8, 4) is 23.1 Å². The molecule has 0 aliphatic heterocycles. The number of carbonyl (C=O) groups excluding carboxylic acids is 1. The molecule has 3 aromatic heterocycles. The highest BCUT2D eigenvalue weighted by atomic mass is 19.1. The number of nitrogens with zero attached hydrogens (tertiary/aromatic N) is 4. The van der Waals surface area contributed by atoms with Crippen molar-refractivity contribution in [3.05, 3.63) is 100 Å². The summed E-state index contributed by atoms with van der Waals surface area (Å²) in [5.74, 6) is 0.0607. The third-order valence-corrected chi connectivity index (χ3v) is 5.97. The van der Waals surface area contributed by atoms with Gasteiger partial charge in [-0.05, 0) is 49.4 Å². The number of pyridine rings is 2. The number of aromatic nitrogens is 4. The van der Waals surface area contributed by atoms with E-state index in [1.54, 1.807) is 80.6 Å². The fourth-order valence-corrected chi connectivity index (χ4v) is 4.00. The second-order valence-electron chi connectivity index (χ2n) is 8.18. The van der Waals surface area contributed by atoms with Crippen molar-refractivity contribution in [3.63, 3.8) is 0 Å². The van der Waals surface area contributed by atoms with Gasteiger partial charge in [-0.1, -0.05) is 6.07 Å². The summed E-state index contributed by atoms with van der Waals surface area (Å²) in [4.78, 5) is 34.5. The first kappa shape index (κ1) is 23.7. The molecule has 0 spiro atoms. The van der Waals surface area contributed by atoms with Crippen molar-refractivity contribution < 1.29 is 18.7 Å². The molecule has 186 valence electrons. The molecule has 0 aliphatic carbocycles. The number of amides is 1. The van der Waals surface area contributed by atoms with Gasteiger partial charge in [-0.15, -0.1) is 0 Å². The van der Waals surface area contributed by atoms with Crippen LogP contribution in [0.15, 0.2) is 77.9 Å². The third kappa shape index (κ3) is 4.40. The largest absolute Gasteiger partial charge is 0.497 e. The second-order valence-corrected chi connectivity index (χ2v) is 8.18. The molecule has 0 unspecified atom stereocenters. The van der Waals surface area contributed by atoms with Crippen molar-refractivity contribution >= 4 is 22.5 Å². The van der Waals surface area contributed by atoms with Gasteiger partial charge in [0.15, 0.2) is 17.4 Å². The Kier molecular flexibility index (Phi) is 6.14. The summed E-state index contributed by atoms with van der Waals surface area (Å²) < 4.78 is 28.9. The number of hydrogen-bond donors (Lipinski definition) is 1. The SMILES string of the molecule is COc1ccc2c(Oc3ccc(NC(=O)c4c(C)n(C)n(-c5ccccn5)c4=O)cc3F)ccnc2c1. The van der Waals surface area contributed by atoms with Crippen molar-refractivity contribution in [2.45, 2.75) is 6.92 Å². The van der Waals surface area contributed by atoms with E-state index in [9.17, 15) is 14.0 Å². The molecule has 5 rings (SSSR count). The summed E-state index contributed by atoms with van der Waals surface area (Å²) in [6.07, 6.45) is 3.12. The lowest BCUT2D eigenvalue weighted by Gasteiger charge is -2.11. The van der Waals surface area contributed by atoms with E-state index in [1.165, 1.54) is 16.8 Å². The molecular weight excluding hydrogens is 477 g/mol. The molecule has 3 heterocycles. The molecule has 0 saturated carbocycles. The Morgan fingerprint density at radius 3 is 2.57 bits per heavy atom. The first-order chi connectivity index (χ1) is 17.9. The molecule has 1 N–H and O–H groups in total. The van der Waals surface area contributed by atoms with Gasteiger partial charge >= 0.3 is 0 Å². The topological polar surface area (TPSA) is 100 Å². The number of methoxy groups -OCH3 is 1. The van der Waals surface area contributed by atoms with Crippen molar-refractivity contribution in [1.29, 1.82) is 0 Å². The van der Waals surface area contributed by atoms with Crippen molar-refractivity contribution in [2.24, 2.45) is 7.05 Å². The Morgan fingerprint density at radius 2 is 1.84 bits per heavy atom. The molecule has 2 aromatic carbocycles. The quantitative estimate of drug-likeness (QED) is 0.366. The number of carbonyl (C=O) groups is 1. The van der Waals surface area contributed by atoms with E-state index in [-0.39, 0.29) is 17.0 Å². The Hall–Kier alpha value is -4.99. The minimum atomic E-state index is -0.688. The van der Waals surface area contributed by atoms with Crippen LogP contribution in [0.1, 0.15) is 16.1 Å². The summed E-state index contributed by atoms with van der Waals surface area (Å²) in [5, 5.41) is 3.28. The van der Waals surface area contributed by atoms with Crippen LogP contribution in [0.4, 0.5) is 10.1 Å². The number of halogens is 1. The van der Waals surface area contributed by atoms with E-state index >= 15 is 0 Å². The molecule has 0 fully saturated rings. The first-order valence-corrected chi connectivity index (χ1v) is 11.3. The van der Waals surface area contributed by atoms with Gasteiger partial charge < -0.3 is 14.8 Å². The number of anilines is 1. The van der Waals surface area contributed by atoms with E-state index in [0.29, 0.717) is 33.9 Å². The van der Waals surface area contributed by atoms with Crippen LogP contribution in [0.5, 0.6) is 17.2 Å². The van der Waals surface area contributed by atoms with Crippen LogP contribution < -0.4 is 20.3 Å². The standard InChI is InChI=1S/C27H22FN5O4/c1-16-25(27(35)33(32(16)2)24-6-4-5-12-30-24)26(34)31-17-7-10-23(20(28)14-17)37-22-11-13-29-21-15-18(36-3)8-9-19(21)22/h4-15H,1-3H3,(H,31,34). The van der Waals surface area contributed by atoms with Crippen LogP contribution in [-0.2, 0) is 7.05 Å². The van der Waals surface area contributed by atoms with Crippen LogP contribution in [0, 0.1) is 12.7 Å². The highest BCUT2D eigenvalue weighted by Crippen LogP contribution is 2.32. The maximum absolute atomic E-state index is 15.0. The van der Waals surface area contributed by atoms with Gasteiger partial charge in [-0.3, -0.25) is 19.3 Å². The lowest BCUT2D eigenvalue weighted by Crippen LogP contribution is -2.25. The molecular formula is C27H22FN5O4. The van der Waals surface area contributed by atoms with Crippen LogP contribution >= 0.6 is 0 Å². The fraction of sp³-hybridized carbons (Fsp3) is 0.111. The summed E-state index contributed by atoms with van der Waals surface area (Å²) in [7, 11) is 3.22. The number of nitrogens with one attached hydrogen (secondary N) is 1. The number of hydrogen-bond acceptors (Lipinski definition) is 6. The monoisotopic (exact) mass is 499 g/mol. The number of ether oxygens (including phenoxy) is 2. The van der Waals surface area contributed by atoms with Gasteiger partial charge in [0.05, 0.1) is 18.3 Å². The van der Waals surface area contributed by atoms with E-state index in [0.717, 1.165) is 6.07 Å². The molecule has 0 radical (unpaired) electrons. The van der Waals surface area contributed by atoms with Gasteiger partial charge in [0, 0.05) is 42.6 Å². The average Bonchev–Trinajstić information content (AvgIpc) is 3.13. The minimum Gasteiger partial charge on any atom is -0.497 e. The predicted molar refractivity (Wildman–Crippen MR) is 136 cm³/mol. The predicted octanol–water partition coefficient (Wildman–Crippen LogP) is 4.62.